The molecule has 1 N–H and O–H groups in total. The van der Waals surface area contributed by atoms with E-state index in [1.54, 1.807) is 0 Å². The number of rotatable bonds is 1. The second kappa shape index (κ2) is 3.75. The second-order valence-corrected chi connectivity index (χ2v) is 6.39. The third-order valence-electron chi connectivity index (χ3n) is 1.25. The fourth-order valence-electron chi connectivity index (χ4n) is 0.627. The standard InChI is InChI=1S/C7H7I2O/c1-5-2-3-6(9-8)4-7(5)10/h2-4,10H,1H3/q-1. The molecule has 0 amide bonds. The van der Waals surface area contributed by atoms with Gasteiger partial charge in [0.1, 0.15) is 0 Å². The molecule has 10 heavy (non-hydrogen) atoms. The van der Waals surface area contributed by atoms with Crippen molar-refractivity contribution in [3.05, 3.63) is 27.3 Å². The van der Waals surface area contributed by atoms with E-state index in [0.717, 1.165) is 5.56 Å². The first-order chi connectivity index (χ1) is 4.74. The SMILES string of the molecule is Cc1ccc([I-]I)cc1O. The minimum absolute atomic E-state index is 0.0898. The van der Waals surface area contributed by atoms with Crippen molar-refractivity contribution in [2.45, 2.75) is 6.92 Å². The quantitative estimate of drug-likeness (QED) is 0.657. The van der Waals surface area contributed by atoms with Gasteiger partial charge in [-0.15, -0.1) is 0 Å². The van der Waals surface area contributed by atoms with Gasteiger partial charge in [0, 0.05) is 0 Å². The van der Waals surface area contributed by atoms with Crippen LogP contribution in [-0.4, -0.2) is 5.11 Å². The molecule has 0 saturated carbocycles. The number of aryl methyl sites for hydroxylation is 1. The van der Waals surface area contributed by atoms with Crippen LogP contribution < -0.4 is 17.2 Å². The molecule has 0 aromatic heterocycles. The van der Waals surface area contributed by atoms with Gasteiger partial charge in [-0.3, -0.25) is 0 Å². The number of hydrogen-bond acceptors (Lipinski definition) is 1. The molecule has 0 aliphatic heterocycles. The van der Waals surface area contributed by atoms with Gasteiger partial charge in [-0.2, -0.15) is 0 Å². The van der Waals surface area contributed by atoms with Crippen molar-refractivity contribution < 1.29 is 22.3 Å². The van der Waals surface area contributed by atoms with E-state index in [9.17, 15) is 5.11 Å². The summed E-state index contributed by atoms with van der Waals surface area (Å²) in [6, 6.07) is 5.90. The van der Waals surface area contributed by atoms with Crippen LogP contribution in [0, 0.1) is 10.5 Å². The van der Waals surface area contributed by atoms with Crippen LogP contribution in [0.2, 0.25) is 0 Å². The molecular formula is C7H7I2O-. The van der Waals surface area contributed by atoms with Gasteiger partial charge in [-0.25, -0.2) is 0 Å². The molecule has 0 bridgehead atoms. The number of phenolic OH excluding ortho intramolecular Hbond substituents is 1. The van der Waals surface area contributed by atoms with E-state index in [2.05, 4.69) is 24.7 Å². The summed E-state index contributed by atoms with van der Waals surface area (Å²) < 4.78 is 1.28. The molecule has 0 spiro atoms. The number of halogens is 2. The summed E-state index contributed by atoms with van der Waals surface area (Å²) in [5.41, 5.74) is 0.956. The fraction of sp³-hybridized carbons (Fsp3) is 0.143. The predicted octanol–water partition coefficient (Wildman–Crippen LogP) is -0.691. The van der Waals surface area contributed by atoms with Gasteiger partial charge in [0.05, 0.1) is 0 Å². The Labute approximate surface area is 80.3 Å². The topological polar surface area (TPSA) is 20.2 Å². The van der Waals surface area contributed by atoms with Gasteiger partial charge in [0.25, 0.3) is 0 Å². The molecule has 0 aliphatic carbocycles. The van der Waals surface area contributed by atoms with E-state index in [-0.39, 0.29) is 17.2 Å². The van der Waals surface area contributed by atoms with Crippen LogP contribution in [0.4, 0.5) is 0 Å². The van der Waals surface area contributed by atoms with Gasteiger partial charge in [0.2, 0.25) is 0 Å². The Kier molecular flexibility index (Phi) is 3.22. The molecule has 1 nitrogen and oxygen atoms in total. The summed E-state index contributed by atoms with van der Waals surface area (Å²) in [6.07, 6.45) is 0. The molecule has 3 heteroatoms. The monoisotopic (exact) mass is 361 g/mol. The van der Waals surface area contributed by atoms with Gasteiger partial charge >= 0.3 is 81.0 Å². The van der Waals surface area contributed by atoms with Crippen LogP contribution in [0.15, 0.2) is 18.2 Å². The zero-order chi connectivity index (χ0) is 7.56. The molecule has 0 heterocycles. The van der Waals surface area contributed by atoms with Crippen LogP contribution >= 0.6 is 18.6 Å². The van der Waals surface area contributed by atoms with Crippen molar-refractivity contribution in [3.8, 4) is 5.75 Å². The molecular weight excluding hydrogens is 354 g/mol. The van der Waals surface area contributed by atoms with Gasteiger partial charge in [0.15, 0.2) is 0 Å². The normalized spacial score (nSPS) is 10.2. The van der Waals surface area contributed by atoms with E-state index in [1.165, 1.54) is 3.57 Å². The Bertz CT molecular complexity index is 235. The van der Waals surface area contributed by atoms with Crippen molar-refractivity contribution in [3.63, 3.8) is 0 Å². The molecule has 0 aliphatic rings. The molecule has 1 rings (SSSR count). The Morgan fingerprint density at radius 1 is 1.50 bits per heavy atom. The first-order valence-corrected chi connectivity index (χ1v) is 10.2. The average molecular weight is 361 g/mol. The van der Waals surface area contributed by atoms with Crippen molar-refractivity contribution in [1.29, 1.82) is 0 Å². The molecule has 56 valence electrons. The Balaban J connectivity index is 3.04. The summed E-state index contributed by atoms with van der Waals surface area (Å²) in [5.74, 6) is 0.425. The first kappa shape index (κ1) is 8.58. The third-order valence-corrected chi connectivity index (χ3v) is 5.55. The van der Waals surface area contributed by atoms with Crippen molar-refractivity contribution in [1.82, 2.24) is 0 Å². The van der Waals surface area contributed by atoms with Crippen LogP contribution in [0.1, 0.15) is 5.56 Å². The number of aromatic hydroxyl groups is 1. The number of hydrogen-bond donors (Lipinski definition) is 1. The van der Waals surface area contributed by atoms with Crippen molar-refractivity contribution >= 4 is 18.6 Å². The summed E-state index contributed by atoms with van der Waals surface area (Å²) in [4.78, 5) is 0. The van der Waals surface area contributed by atoms with Crippen LogP contribution in [-0.2, 0) is 0 Å². The van der Waals surface area contributed by atoms with Crippen LogP contribution in [0.25, 0.3) is 0 Å². The Morgan fingerprint density at radius 2 is 2.20 bits per heavy atom. The zero-order valence-corrected chi connectivity index (χ0v) is 9.75. The molecule has 0 fully saturated rings. The molecule has 0 atom stereocenters. The fourth-order valence-corrected chi connectivity index (χ4v) is 3.06. The van der Waals surface area contributed by atoms with Gasteiger partial charge < -0.3 is 0 Å². The predicted molar refractivity (Wildman–Crippen MR) is 45.6 cm³/mol. The maximum atomic E-state index is 9.25. The van der Waals surface area contributed by atoms with Crippen molar-refractivity contribution in [2.75, 3.05) is 0 Å². The molecule has 0 unspecified atom stereocenters. The van der Waals surface area contributed by atoms with E-state index in [0.29, 0.717) is 5.75 Å². The Morgan fingerprint density at radius 3 is 2.70 bits per heavy atom. The molecule has 0 radical (unpaired) electrons. The summed E-state index contributed by atoms with van der Waals surface area (Å²) >= 11 is 2.47. The summed E-state index contributed by atoms with van der Waals surface area (Å²) in [5, 5.41) is 9.25. The first-order valence-electron chi connectivity index (χ1n) is 2.79. The van der Waals surface area contributed by atoms with Gasteiger partial charge in [-0.1, -0.05) is 0 Å². The Hall–Kier alpha value is 0.480. The van der Waals surface area contributed by atoms with E-state index < -0.39 is 0 Å². The zero-order valence-electron chi connectivity index (χ0n) is 5.44. The van der Waals surface area contributed by atoms with Crippen LogP contribution in [0.3, 0.4) is 0 Å². The van der Waals surface area contributed by atoms with E-state index in [4.69, 9.17) is 0 Å². The third kappa shape index (κ3) is 1.98. The second-order valence-electron chi connectivity index (χ2n) is 2.00. The van der Waals surface area contributed by atoms with E-state index in [1.807, 2.05) is 19.1 Å². The maximum absolute atomic E-state index is 9.25. The average Bonchev–Trinajstić information content (AvgIpc) is 1.95. The van der Waals surface area contributed by atoms with Crippen molar-refractivity contribution in [2.24, 2.45) is 0 Å². The van der Waals surface area contributed by atoms with E-state index >= 15 is 0 Å². The van der Waals surface area contributed by atoms with Gasteiger partial charge in [-0.05, 0) is 0 Å². The minimum atomic E-state index is 0.0898. The summed E-state index contributed by atoms with van der Waals surface area (Å²) in [6.45, 7) is 1.91. The molecule has 1 aromatic carbocycles. The number of phenols is 1. The summed E-state index contributed by atoms with van der Waals surface area (Å²) in [7, 11) is 0. The number of benzene rings is 1. The molecule has 0 saturated heterocycles. The van der Waals surface area contributed by atoms with Crippen LogP contribution in [0.5, 0.6) is 5.75 Å². The molecule has 1 aromatic rings.